The van der Waals surface area contributed by atoms with Crippen LogP contribution in [0.15, 0.2) is 66.7 Å². The smallest absolute Gasteiger partial charge is 0.314 e. The maximum absolute atomic E-state index is 12.9. The van der Waals surface area contributed by atoms with Crippen LogP contribution in [0.2, 0.25) is 0 Å². The molecule has 0 aliphatic carbocycles. The highest BCUT2D eigenvalue weighted by Gasteiger charge is 2.41. The molecular weight excluding hydrogens is 380 g/mol. The van der Waals surface area contributed by atoms with Crippen molar-refractivity contribution >= 4 is 28.7 Å². The molecule has 4 rings (SSSR count). The topological polar surface area (TPSA) is 63.1 Å². The van der Waals surface area contributed by atoms with Crippen molar-refractivity contribution in [3.8, 4) is 0 Å². The van der Waals surface area contributed by atoms with Gasteiger partial charge in [0.1, 0.15) is 16.4 Å². The Balaban J connectivity index is 1.91. The quantitative estimate of drug-likeness (QED) is 0.486. The molecule has 3 aromatic carbocycles. The van der Waals surface area contributed by atoms with Gasteiger partial charge in [0.25, 0.3) is 0 Å². The van der Waals surface area contributed by atoms with Crippen LogP contribution in [-0.2, 0) is 23.1 Å². The van der Waals surface area contributed by atoms with E-state index in [2.05, 4.69) is 8.75 Å². The summed E-state index contributed by atoms with van der Waals surface area (Å²) in [6.07, 6.45) is 0.818. The van der Waals surface area contributed by atoms with Gasteiger partial charge >= 0.3 is 5.97 Å². The number of aliphatic carboxylic acids is 1. The molecule has 1 N–H and O–H groups in total. The first-order valence-corrected chi connectivity index (χ1v) is 10.3. The molecule has 0 amide bonds. The van der Waals surface area contributed by atoms with Crippen LogP contribution in [0.1, 0.15) is 27.8 Å². The van der Waals surface area contributed by atoms with Crippen molar-refractivity contribution < 1.29 is 9.90 Å². The van der Waals surface area contributed by atoms with E-state index in [9.17, 15) is 9.90 Å². The van der Waals surface area contributed by atoms with Crippen molar-refractivity contribution in [2.45, 2.75) is 32.1 Å². The third-order valence-corrected chi connectivity index (χ3v) is 6.28. The van der Waals surface area contributed by atoms with E-state index in [1.165, 1.54) is 0 Å². The zero-order valence-electron chi connectivity index (χ0n) is 16.4. The van der Waals surface area contributed by atoms with Gasteiger partial charge in [-0.1, -0.05) is 54.6 Å². The fourth-order valence-corrected chi connectivity index (χ4v) is 4.41. The Labute approximate surface area is 174 Å². The van der Waals surface area contributed by atoms with Crippen molar-refractivity contribution in [3.05, 3.63) is 94.5 Å². The molecule has 4 aromatic rings. The number of carbonyl (C=O) groups is 1. The van der Waals surface area contributed by atoms with E-state index < -0.39 is 11.4 Å². The lowest BCUT2D eigenvalue weighted by Gasteiger charge is -2.31. The van der Waals surface area contributed by atoms with Crippen molar-refractivity contribution in [2.24, 2.45) is 0 Å². The van der Waals surface area contributed by atoms with E-state index >= 15 is 0 Å². The molecular formula is C24H22N2O2S. The van der Waals surface area contributed by atoms with Gasteiger partial charge in [-0.2, -0.15) is 8.75 Å². The molecule has 146 valence electrons. The number of carboxylic acid groups (broad SMARTS) is 1. The van der Waals surface area contributed by atoms with Crippen LogP contribution in [-0.4, -0.2) is 19.8 Å². The molecule has 1 heterocycles. The average Bonchev–Trinajstić information content (AvgIpc) is 3.18. The molecule has 4 nitrogen and oxygen atoms in total. The third-order valence-electron chi connectivity index (χ3n) is 5.72. The number of rotatable bonds is 6. The first-order valence-electron chi connectivity index (χ1n) is 9.55. The molecule has 5 heteroatoms. The minimum absolute atomic E-state index is 0.409. The fraction of sp³-hybridized carbons (Fsp3) is 0.208. The Bertz CT molecular complexity index is 1130. The summed E-state index contributed by atoms with van der Waals surface area (Å²) in [5.74, 6) is -0.827. The van der Waals surface area contributed by atoms with E-state index in [0.29, 0.717) is 12.8 Å². The molecule has 0 bridgehead atoms. The zero-order valence-corrected chi connectivity index (χ0v) is 17.2. The number of hydrogen-bond acceptors (Lipinski definition) is 4. The summed E-state index contributed by atoms with van der Waals surface area (Å²) < 4.78 is 8.61. The van der Waals surface area contributed by atoms with Gasteiger partial charge in [-0.15, -0.1) is 0 Å². The molecule has 0 spiro atoms. The first kappa shape index (κ1) is 19.3. The number of benzene rings is 3. The van der Waals surface area contributed by atoms with Crippen LogP contribution in [0.3, 0.4) is 0 Å². The Morgan fingerprint density at radius 3 is 1.97 bits per heavy atom. The number of fused-ring (bicyclic) bond motifs is 1. The standard InChI is InChI=1S/C24H22N2O2S/c1-16-7-3-5-9-18(16)14-24(23(27)28,15-19-10-6-4-8-17(19)2)20-11-12-21-22(13-20)26-29-25-21/h3-13H,14-15H2,1-2H3,(H,27,28). The number of carboxylic acids is 1. The van der Waals surface area contributed by atoms with E-state index in [4.69, 9.17) is 0 Å². The average molecular weight is 403 g/mol. The van der Waals surface area contributed by atoms with Crippen molar-refractivity contribution in [1.29, 1.82) is 0 Å². The summed E-state index contributed by atoms with van der Waals surface area (Å²) in [6, 6.07) is 21.7. The third kappa shape index (κ3) is 3.66. The van der Waals surface area contributed by atoms with Gasteiger partial charge in [0, 0.05) is 0 Å². The van der Waals surface area contributed by atoms with Gasteiger partial charge in [-0.05, 0) is 66.6 Å². The number of hydrogen-bond donors (Lipinski definition) is 1. The predicted molar refractivity (Wildman–Crippen MR) is 116 cm³/mol. The van der Waals surface area contributed by atoms with Crippen LogP contribution in [0.5, 0.6) is 0 Å². The Hall–Kier alpha value is -3.05. The summed E-state index contributed by atoms with van der Waals surface area (Å²) in [4.78, 5) is 12.9. The minimum Gasteiger partial charge on any atom is -0.481 e. The molecule has 0 fully saturated rings. The molecule has 0 aliphatic heterocycles. The second-order valence-electron chi connectivity index (χ2n) is 7.56. The summed E-state index contributed by atoms with van der Waals surface area (Å²) in [5.41, 5.74) is 5.48. The van der Waals surface area contributed by atoms with E-state index in [1.54, 1.807) is 0 Å². The molecule has 1 aromatic heterocycles. The van der Waals surface area contributed by atoms with Gasteiger partial charge in [0.15, 0.2) is 0 Å². The summed E-state index contributed by atoms with van der Waals surface area (Å²) in [7, 11) is 0. The molecule has 0 radical (unpaired) electrons. The highest BCUT2D eigenvalue weighted by molar-refractivity contribution is 7.00. The largest absolute Gasteiger partial charge is 0.481 e. The van der Waals surface area contributed by atoms with Crippen molar-refractivity contribution in [2.75, 3.05) is 0 Å². The van der Waals surface area contributed by atoms with E-state index in [0.717, 1.165) is 50.6 Å². The highest BCUT2D eigenvalue weighted by atomic mass is 32.1. The number of aryl methyl sites for hydroxylation is 2. The molecule has 0 atom stereocenters. The summed E-state index contributed by atoms with van der Waals surface area (Å²) in [6.45, 7) is 4.06. The molecule has 0 saturated heterocycles. The summed E-state index contributed by atoms with van der Waals surface area (Å²) >= 11 is 1.15. The van der Waals surface area contributed by atoms with Gasteiger partial charge in [-0.25, -0.2) is 0 Å². The minimum atomic E-state index is -1.10. The van der Waals surface area contributed by atoms with E-state index in [1.807, 2.05) is 80.6 Å². The number of aromatic nitrogens is 2. The molecule has 0 aliphatic rings. The van der Waals surface area contributed by atoms with Gasteiger partial charge in [0.2, 0.25) is 0 Å². The first-order chi connectivity index (χ1) is 14.0. The normalized spacial score (nSPS) is 11.7. The van der Waals surface area contributed by atoms with Gasteiger partial charge in [-0.3, -0.25) is 4.79 Å². The SMILES string of the molecule is Cc1ccccc1CC(Cc1ccccc1C)(C(=O)O)c1ccc2nsnc2c1. The van der Waals surface area contributed by atoms with Crippen molar-refractivity contribution in [3.63, 3.8) is 0 Å². The second-order valence-corrected chi connectivity index (χ2v) is 8.09. The lowest BCUT2D eigenvalue weighted by molar-refractivity contribution is -0.143. The Morgan fingerprint density at radius 1 is 0.862 bits per heavy atom. The van der Waals surface area contributed by atoms with Crippen LogP contribution >= 0.6 is 11.7 Å². The monoisotopic (exact) mass is 402 g/mol. The molecule has 29 heavy (non-hydrogen) atoms. The number of nitrogens with zero attached hydrogens (tertiary/aromatic N) is 2. The second kappa shape index (κ2) is 7.76. The van der Waals surface area contributed by atoms with Crippen LogP contribution in [0.4, 0.5) is 0 Å². The van der Waals surface area contributed by atoms with Gasteiger partial charge < -0.3 is 5.11 Å². The molecule has 0 unspecified atom stereocenters. The predicted octanol–water partition coefficient (Wildman–Crippen LogP) is 5.12. The fourth-order valence-electron chi connectivity index (χ4n) is 3.89. The molecule has 0 saturated carbocycles. The maximum atomic E-state index is 12.9. The Morgan fingerprint density at radius 2 is 1.41 bits per heavy atom. The van der Waals surface area contributed by atoms with Crippen LogP contribution in [0, 0.1) is 13.8 Å². The Kier molecular flexibility index (Phi) is 5.16. The lowest BCUT2D eigenvalue weighted by Crippen LogP contribution is -2.41. The zero-order chi connectivity index (χ0) is 20.4. The van der Waals surface area contributed by atoms with Crippen molar-refractivity contribution in [1.82, 2.24) is 8.75 Å². The van der Waals surface area contributed by atoms with Crippen LogP contribution in [0.25, 0.3) is 11.0 Å². The maximum Gasteiger partial charge on any atom is 0.314 e. The summed E-state index contributed by atoms with van der Waals surface area (Å²) in [5, 5.41) is 10.6. The highest BCUT2D eigenvalue weighted by Crippen LogP contribution is 2.36. The van der Waals surface area contributed by atoms with E-state index in [-0.39, 0.29) is 0 Å². The van der Waals surface area contributed by atoms with Gasteiger partial charge in [0.05, 0.1) is 11.7 Å². The van der Waals surface area contributed by atoms with Crippen LogP contribution < -0.4 is 0 Å². The lowest BCUT2D eigenvalue weighted by atomic mass is 9.70.